The number of hydrogen-bond acceptors (Lipinski definition) is 3. The molecule has 0 radical (unpaired) electrons. The molecule has 1 fully saturated rings. The molecule has 0 aromatic carbocycles. The van der Waals surface area contributed by atoms with Crippen LogP contribution in [0.15, 0.2) is 0 Å². The third kappa shape index (κ3) is 2.72. The van der Waals surface area contributed by atoms with E-state index in [1.165, 1.54) is 0 Å². The van der Waals surface area contributed by atoms with Gasteiger partial charge in [-0.05, 0) is 19.8 Å². The number of aliphatic carboxylic acids is 1. The fourth-order valence-electron chi connectivity index (χ4n) is 2.13. The number of likely N-dealkylation sites (tertiary alicyclic amines) is 1. The number of carboxylic acids is 1. The van der Waals surface area contributed by atoms with Crippen molar-refractivity contribution in [2.24, 2.45) is 11.7 Å². The minimum absolute atomic E-state index is 0.127. The second-order valence-corrected chi connectivity index (χ2v) is 4.74. The third-order valence-electron chi connectivity index (χ3n) is 3.08. The summed E-state index contributed by atoms with van der Waals surface area (Å²) in [6.45, 7) is 4.49. The molecule has 1 saturated heterocycles. The highest BCUT2D eigenvalue weighted by atomic mass is 16.4. The van der Waals surface area contributed by atoms with Crippen LogP contribution in [0.1, 0.15) is 33.1 Å². The molecule has 5 nitrogen and oxygen atoms in total. The Hall–Kier alpha value is -1.10. The highest BCUT2D eigenvalue weighted by molar-refractivity contribution is 5.86. The van der Waals surface area contributed by atoms with Crippen LogP contribution in [0.4, 0.5) is 0 Å². The third-order valence-corrected chi connectivity index (χ3v) is 3.08. The van der Waals surface area contributed by atoms with Gasteiger partial charge in [-0.2, -0.15) is 0 Å². The molecule has 16 heavy (non-hydrogen) atoms. The first-order valence-corrected chi connectivity index (χ1v) is 5.69. The highest BCUT2D eigenvalue weighted by Crippen LogP contribution is 2.21. The van der Waals surface area contributed by atoms with Crippen LogP contribution in [0.5, 0.6) is 0 Å². The van der Waals surface area contributed by atoms with Gasteiger partial charge in [0.05, 0.1) is 11.5 Å². The fourth-order valence-corrected chi connectivity index (χ4v) is 2.13. The van der Waals surface area contributed by atoms with Gasteiger partial charge < -0.3 is 15.7 Å². The van der Waals surface area contributed by atoms with E-state index in [-0.39, 0.29) is 5.91 Å². The van der Waals surface area contributed by atoms with E-state index in [0.29, 0.717) is 25.9 Å². The van der Waals surface area contributed by atoms with Gasteiger partial charge in [0.15, 0.2) is 0 Å². The molecule has 3 N–H and O–H groups in total. The van der Waals surface area contributed by atoms with Crippen LogP contribution in [0.2, 0.25) is 0 Å². The number of carbonyl (C=O) groups excluding carboxylic acids is 1. The first kappa shape index (κ1) is 13.0. The number of nitrogens with two attached hydrogens (primary N) is 1. The number of rotatable bonds is 4. The molecule has 0 bridgehead atoms. The maximum atomic E-state index is 12.0. The maximum absolute atomic E-state index is 12.0. The lowest BCUT2D eigenvalue weighted by Gasteiger charge is -2.28. The topological polar surface area (TPSA) is 83.6 Å². The van der Waals surface area contributed by atoms with E-state index in [1.807, 2.05) is 6.92 Å². The van der Waals surface area contributed by atoms with Crippen LogP contribution in [0, 0.1) is 5.92 Å². The van der Waals surface area contributed by atoms with Gasteiger partial charge >= 0.3 is 5.97 Å². The maximum Gasteiger partial charge on any atom is 0.308 e. The van der Waals surface area contributed by atoms with Gasteiger partial charge in [0.2, 0.25) is 5.91 Å². The Bertz CT molecular complexity index is 289. The van der Waals surface area contributed by atoms with Crippen LogP contribution < -0.4 is 5.73 Å². The largest absolute Gasteiger partial charge is 0.481 e. The van der Waals surface area contributed by atoms with E-state index >= 15 is 0 Å². The molecule has 5 heteroatoms. The molecule has 1 rings (SSSR count). The standard InChI is InChI=1S/C11H20N2O3/c1-3-5-11(2,12)10(16)13-6-4-8(7-13)9(14)15/h8H,3-7,12H2,1-2H3,(H,14,15). The van der Waals surface area contributed by atoms with Crippen molar-refractivity contribution in [3.63, 3.8) is 0 Å². The lowest BCUT2D eigenvalue weighted by Crippen LogP contribution is -2.52. The lowest BCUT2D eigenvalue weighted by atomic mass is 9.96. The van der Waals surface area contributed by atoms with Crippen molar-refractivity contribution in [3.05, 3.63) is 0 Å². The van der Waals surface area contributed by atoms with Crippen LogP contribution >= 0.6 is 0 Å². The lowest BCUT2D eigenvalue weighted by molar-refractivity contribution is -0.141. The van der Waals surface area contributed by atoms with Gasteiger partial charge in [0.25, 0.3) is 0 Å². The second-order valence-electron chi connectivity index (χ2n) is 4.74. The van der Waals surface area contributed by atoms with Gasteiger partial charge in [-0.15, -0.1) is 0 Å². The van der Waals surface area contributed by atoms with Gasteiger partial charge in [-0.1, -0.05) is 13.3 Å². The zero-order chi connectivity index (χ0) is 12.3. The van der Waals surface area contributed by atoms with Crippen molar-refractivity contribution in [1.29, 1.82) is 0 Å². The average molecular weight is 228 g/mol. The highest BCUT2D eigenvalue weighted by Gasteiger charge is 2.37. The predicted octanol–water partition coefficient (Wildman–Crippen LogP) is 0.437. The smallest absolute Gasteiger partial charge is 0.308 e. The Morgan fingerprint density at radius 1 is 1.56 bits per heavy atom. The van der Waals surface area contributed by atoms with Crippen molar-refractivity contribution >= 4 is 11.9 Å². The molecule has 0 aromatic heterocycles. The molecule has 1 aliphatic rings. The first-order chi connectivity index (χ1) is 7.38. The summed E-state index contributed by atoms with van der Waals surface area (Å²) in [5.41, 5.74) is 5.07. The minimum Gasteiger partial charge on any atom is -0.481 e. The summed E-state index contributed by atoms with van der Waals surface area (Å²) in [6, 6.07) is 0. The van der Waals surface area contributed by atoms with Crippen molar-refractivity contribution in [1.82, 2.24) is 4.90 Å². The van der Waals surface area contributed by atoms with E-state index in [4.69, 9.17) is 10.8 Å². The van der Waals surface area contributed by atoms with Crippen molar-refractivity contribution < 1.29 is 14.7 Å². The number of hydrogen-bond donors (Lipinski definition) is 2. The van der Waals surface area contributed by atoms with Gasteiger partial charge in [-0.3, -0.25) is 9.59 Å². The van der Waals surface area contributed by atoms with Crippen LogP contribution in [0.25, 0.3) is 0 Å². The van der Waals surface area contributed by atoms with Crippen LogP contribution in [-0.4, -0.2) is 40.5 Å². The zero-order valence-corrected chi connectivity index (χ0v) is 9.90. The quantitative estimate of drug-likeness (QED) is 0.731. The second kappa shape index (κ2) is 4.82. The number of carbonyl (C=O) groups is 2. The molecule has 1 heterocycles. The van der Waals surface area contributed by atoms with E-state index < -0.39 is 17.4 Å². The molecule has 2 atom stereocenters. The molecule has 0 aromatic rings. The molecule has 2 unspecified atom stereocenters. The van der Waals surface area contributed by atoms with Crippen molar-refractivity contribution in [2.45, 2.75) is 38.6 Å². The summed E-state index contributed by atoms with van der Waals surface area (Å²) < 4.78 is 0. The first-order valence-electron chi connectivity index (χ1n) is 5.69. The van der Waals surface area contributed by atoms with Gasteiger partial charge in [-0.25, -0.2) is 0 Å². The normalized spacial score (nSPS) is 24.2. The summed E-state index contributed by atoms with van der Waals surface area (Å²) in [4.78, 5) is 24.4. The van der Waals surface area contributed by atoms with Crippen molar-refractivity contribution in [3.8, 4) is 0 Å². The molecular weight excluding hydrogens is 208 g/mol. The zero-order valence-electron chi connectivity index (χ0n) is 9.90. The Kier molecular flexibility index (Phi) is 3.91. The van der Waals surface area contributed by atoms with E-state index in [9.17, 15) is 9.59 Å². The number of amides is 1. The summed E-state index contributed by atoms with van der Waals surface area (Å²) in [6.07, 6.45) is 2.00. The molecule has 92 valence electrons. The number of carboxylic acid groups (broad SMARTS) is 1. The summed E-state index contributed by atoms with van der Waals surface area (Å²) in [5, 5.41) is 8.85. The Morgan fingerprint density at radius 2 is 2.19 bits per heavy atom. The number of nitrogens with zero attached hydrogens (tertiary/aromatic N) is 1. The molecule has 1 amide bonds. The molecule has 0 aliphatic carbocycles. The fraction of sp³-hybridized carbons (Fsp3) is 0.818. The summed E-state index contributed by atoms with van der Waals surface area (Å²) in [7, 11) is 0. The Balaban J connectivity index is 2.60. The SMILES string of the molecule is CCCC(C)(N)C(=O)N1CCC(C(=O)O)C1. The van der Waals surface area contributed by atoms with E-state index in [1.54, 1.807) is 11.8 Å². The Labute approximate surface area is 95.6 Å². The van der Waals surface area contributed by atoms with Crippen molar-refractivity contribution in [2.75, 3.05) is 13.1 Å². The summed E-state index contributed by atoms with van der Waals surface area (Å²) >= 11 is 0. The van der Waals surface area contributed by atoms with Crippen LogP contribution in [-0.2, 0) is 9.59 Å². The average Bonchev–Trinajstić information content (AvgIpc) is 2.65. The summed E-state index contributed by atoms with van der Waals surface area (Å²) in [5.74, 6) is -1.39. The molecule has 1 aliphatic heterocycles. The molecular formula is C11H20N2O3. The van der Waals surface area contributed by atoms with Gasteiger partial charge in [0.1, 0.15) is 0 Å². The Morgan fingerprint density at radius 3 is 2.62 bits per heavy atom. The monoisotopic (exact) mass is 228 g/mol. The van der Waals surface area contributed by atoms with E-state index in [0.717, 1.165) is 6.42 Å². The van der Waals surface area contributed by atoms with Crippen LogP contribution in [0.3, 0.4) is 0 Å². The predicted molar refractivity (Wildman–Crippen MR) is 59.8 cm³/mol. The van der Waals surface area contributed by atoms with E-state index in [2.05, 4.69) is 0 Å². The molecule has 0 spiro atoms. The minimum atomic E-state index is -0.859. The van der Waals surface area contributed by atoms with Gasteiger partial charge in [0, 0.05) is 13.1 Å². The molecule has 0 saturated carbocycles.